The Kier molecular flexibility index (Phi) is 2.53. The van der Waals surface area contributed by atoms with Crippen LogP contribution in [0, 0.1) is 5.82 Å². The van der Waals surface area contributed by atoms with E-state index in [4.69, 9.17) is 10.0 Å². The Morgan fingerprint density at radius 3 is 2.80 bits per heavy atom. The van der Waals surface area contributed by atoms with E-state index in [1.807, 2.05) is 0 Å². The maximum Gasteiger partial charge on any atom is 0.707 e. The highest BCUT2D eigenvalue weighted by atomic mass is 19.1. The van der Waals surface area contributed by atoms with Crippen molar-refractivity contribution in [1.29, 1.82) is 0 Å². The van der Waals surface area contributed by atoms with Gasteiger partial charge in [-0.3, -0.25) is 4.98 Å². The van der Waals surface area contributed by atoms with Crippen LogP contribution in [0.5, 0.6) is 5.75 Å². The number of nitrogens with zero attached hydrogens (tertiary/aromatic N) is 1. The first-order chi connectivity index (χ1) is 7.18. The lowest BCUT2D eigenvalue weighted by molar-refractivity contribution is 0.289. The van der Waals surface area contributed by atoms with E-state index in [-0.39, 0.29) is 16.7 Å². The van der Waals surface area contributed by atoms with Gasteiger partial charge in [-0.1, -0.05) is 0 Å². The van der Waals surface area contributed by atoms with E-state index in [1.54, 1.807) is 6.07 Å². The van der Waals surface area contributed by atoms with E-state index in [9.17, 15) is 4.39 Å². The Morgan fingerprint density at radius 1 is 1.27 bits per heavy atom. The largest absolute Gasteiger partial charge is 0.707 e. The molecule has 0 radical (unpaired) electrons. The van der Waals surface area contributed by atoms with E-state index in [0.29, 0.717) is 0 Å². The van der Waals surface area contributed by atoms with Gasteiger partial charge in [-0.25, -0.2) is 4.39 Å². The monoisotopic (exact) mass is 207 g/mol. The van der Waals surface area contributed by atoms with Gasteiger partial charge < -0.3 is 14.7 Å². The number of halogens is 1. The summed E-state index contributed by atoms with van der Waals surface area (Å²) in [4.78, 5) is 3.91. The molecule has 0 atom stereocenters. The fourth-order valence-electron chi connectivity index (χ4n) is 1.32. The fraction of sp³-hybridized carbons (Fsp3) is 0. The topological polar surface area (TPSA) is 62.6 Å². The van der Waals surface area contributed by atoms with Crippen molar-refractivity contribution in [3.8, 4) is 5.75 Å². The number of benzene rings is 1. The number of hydrogen-bond acceptors (Lipinski definition) is 4. The van der Waals surface area contributed by atoms with Crippen LogP contribution >= 0.6 is 0 Å². The van der Waals surface area contributed by atoms with Crippen molar-refractivity contribution in [3.05, 3.63) is 36.3 Å². The lowest BCUT2D eigenvalue weighted by atomic mass is 10.1. The van der Waals surface area contributed by atoms with E-state index >= 15 is 0 Å². The van der Waals surface area contributed by atoms with Gasteiger partial charge in [0.25, 0.3) is 0 Å². The zero-order valence-corrected chi connectivity index (χ0v) is 7.59. The summed E-state index contributed by atoms with van der Waals surface area (Å²) in [6.07, 6.45) is 1.47. The van der Waals surface area contributed by atoms with E-state index in [1.165, 1.54) is 24.4 Å². The number of fused-ring (bicyclic) bond motifs is 1. The standard InChI is InChI=1S/C9H7BFNO3/c11-7-3-4-8(15-10(13)14)9-6(7)2-1-5-12-9/h1-5,13-14H. The van der Waals surface area contributed by atoms with Gasteiger partial charge in [0.05, 0.1) is 0 Å². The van der Waals surface area contributed by atoms with Crippen LogP contribution in [0.3, 0.4) is 0 Å². The van der Waals surface area contributed by atoms with Crippen LogP contribution in [-0.2, 0) is 0 Å². The minimum Gasteiger partial charge on any atom is -0.510 e. The van der Waals surface area contributed by atoms with Crippen LogP contribution in [0.25, 0.3) is 10.9 Å². The summed E-state index contributed by atoms with van der Waals surface area (Å²) in [5.74, 6) is -0.306. The average Bonchev–Trinajstić information content (AvgIpc) is 2.22. The number of hydrogen-bond donors (Lipinski definition) is 2. The molecule has 0 aliphatic carbocycles. The highest BCUT2D eigenvalue weighted by Crippen LogP contribution is 2.25. The molecule has 0 aliphatic heterocycles. The Morgan fingerprint density at radius 2 is 2.07 bits per heavy atom. The minimum absolute atomic E-state index is 0.127. The first-order valence-corrected chi connectivity index (χ1v) is 4.24. The maximum atomic E-state index is 13.3. The molecule has 4 nitrogen and oxygen atoms in total. The zero-order chi connectivity index (χ0) is 10.8. The average molecular weight is 207 g/mol. The molecule has 0 unspecified atom stereocenters. The molecule has 1 heterocycles. The van der Waals surface area contributed by atoms with Gasteiger partial charge in [-0.2, -0.15) is 0 Å². The summed E-state index contributed by atoms with van der Waals surface area (Å²) in [5, 5.41) is 17.6. The molecule has 2 aromatic rings. The van der Waals surface area contributed by atoms with Crippen LogP contribution in [-0.4, -0.2) is 22.4 Å². The number of pyridine rings is 1. The molecule has 0 spiro atoms. The molecule has 2 rings (SSSR count). The third kappa shape index (κ3) is 1.90. The highest BCUT2D eigenvalue weighted by molar-refractivity contribution is 6.34. The summed E-state index contributed by atoms with van der Waals surface area (Å²) < 4.78 is 17.9. The van der Waals surface area contributed by atoms with Crippen molar-refractivity contribution in [2.45, 2.75) is 0 Å². The summed E-state index contributed by atoms with van der Waals surface area (Å²) in [5.41, 5.74) is 0.255. The molecule has 0 amide bonds. The van der Waals surface area contributed by atoms with Crippen molar-refractivity contribution >= 4 is 18.2 Å². The molecule has 15 heavy (non-hydrogen) atoms. The molecule has 1 aromatic carbocycles. The second-order valence-electron chi connectivity index (χ2n) is 2.89. The van der Waals surface area contributed by atoms with Crippen LogP contribution in [0.2, 0.25) is 0 Å². The van der Waals surface area contributed by atoms with Crippen molar-refractivity contribution in [2.75, 3.05) is 0 Å². The van der Waals surface area contributed by atoms with Gasteiger partial charge in [-0.15, -0.1) is 0 Å². The first-order valence-electron chi connectivity index (χ1n) is 4.24. The van der Waals surface area contributed by atoms with Gasteiger partial charge in [-0.05, 0) is 24.3 Å². The summed E-state index contributed by atoms with van der Waals surface area (Å²) >= 11 is 0. The second kappa shape index (κ2) is 3.84. The van der Waals surface area contributed by atoms with E-state index in [2.05, 4.69) is 9.64 Å². The Bertz CT molecular complexity index is 492. The van der Waals surface area contributed by atoms with E-state index < -0.39 is 13.1 Å². The quantitative estimate of drug-likeness (QED) is 0.712. The third-order valence-corrected chi connectivity index (χ3v) is 1.91. The van der Waals surface area contributed by atoms with Gasteiger partial charge in [0.15, 0.2) is 0 Å². The molecular weight excluding hydrogens is 200 g/mol. The zero-order valence-electron chi connectivity index (χ0n) is 7.59. The van der Waals surface area contributed by atoms with Crippen molar-refractivity contribution < 1.29 is 19.1 Å². The SMILES string of the molecule is OB(O)Oc1ccc(F)c2cccnc12. The summed E-state index contributed by atoms with van der Waals surface area (Å²) in [6.45, 7) is 0. The van der Waals surface area contributed by atoms with E-state index in [0.717, 1.165) is 0 Å². The summed E-state index contributed by atoms with van der Waals surface area (Å²) in [6, 6.07) is 5.60. The Balaban J connectivity index is 2.61. The number of aromatic nitrogens is 1. The molecule has 2 N–H and O–H groups in total. The maximum absolute atomic E-state index is 13.3. The smallest absolute Gasteiger partial charge is 0.510 e. The molecule has 6 heteroatoms. The molecule has 0 saturated heterocycles. The molecule has 1 aromatic heterocycles. The first kappa shape index (κ1) is 9.88. The lowest BCUT2D eigenvalue weighted by Gasteiger charge is -2.07. The van der Waals surface area contributed by atoms with Crippen molar-refractivity contribution in [1.82, 2.24) is 4.98 Å². The fourth-order valence-corrected chi connectivity index (χ4v) is 1.32. The predicted octanol–water partition coefficient (Wildman–Crippen LogP) is 0.722. The van der Waals surface area contributed by atoms with Crippen LogP contribution in [0.1, 0.15) is 0 Å². The van der Waals surface area contributed by atoms with Crippen LogP contribution in [0.4, 0.5) is 4.39 Å². The van der Waals surface area contributed by atoms with Crippen molar-refractivity contribution in [2.24, 2.45) is 0 Å². The molecule has 0 saturated carbocycles. The predicted molar refractivity (Wildman–Crippen MR) is 52.5 cm³/mol. The molecule has 0 bridgehead atoms. The minimum atomic E-state index is -1.94. The van der Waals surface area contributed by atoms with Gasteiger partial charge in [0.2, 0.25) is 0 Å². The Hall–Kier alpha value is -1.66. The molecular formula is C9H7BFNO3. The highest BCUT2D eigenvalue weighted by Gasteiger charge is 2.15. The van der Waals surface area contributed by atoms with Crippen molar-refractivity contribution in [3.63, 3.8) is 0 Å². The van der Waals surface area contributed by atoms with Crippen LogP contribution < -0.4 is 4.65 Å². The van der Waals surface area contributed by atoms with Gasteiger partial charge in [0.1, 0.15) is 17.1 Å². The van der Waals surface area contributed by atoms with Gasteiger partial charge >= 0.3 is 7.32 Å². The van der Waals surface area contributed by atoms with Crippen LogP contribution in [0.15, 0.2) is 30.5 Å². The van der Waals surface area contributed by atoms with Gasteiger partial charge in [0, 0.05) is 11.6 Å². The molecule has 0 aliphatic rings. The molecule has 0 fully saturated rings. The third-order valence-electron chi connectivity index (χ3n) is 1.91. The second-order valence-corrected chi connectivity index (χ2v) is 2.89. The normalized spacial score (nSPS) is 10.3. The molecule has 76 valence electrons. The lowest BCUT2D eigenvalue weighted by Crippen LogP contribution is -2.20. The number of rotatable bonds is 2. The Labute approximate surface area is 85.1 Å². The summed E-state index contributed by atoms with van der Waals surface area (Å²) in [7, 11) is -1.94.